The van der Waals surface area contributed by atoms with Crippen LogP contribution in [0.15, 0.2) is 22.6 Å². The molecule has 19 heavy (non-hydrogen) atoms. The van der Waals surface area contributed by atoms with Gasteiger partial charge in [-0.25, -0.2) is 4.39 Å². The Hall–Kier alpha value is -1.95. The maximum Gasteiger partial charge on any atom is 0.322 e. The van der Waals surface area contributed by atoms with E-state index < -0.39 is 0 Å². The van der Waals surface area contributed by atoms with E-state index >= 15 is 0 Å². The number of fused-ring (bicyclic) bond motifs is 1. The Labute approximate surface area is 110 Å². The molecule has 5 nitrogen and oxygen atoms in total. The summed E-state index contributed by atoms with van der Waals surface area (Å²) in [5.74, 6) is 0.291. The van der Waals surface area contributed by atoms with Crippen LogP contribution >= 0.6 is 0 Å². The molecule has 0 saturated carbocycles. The predicted molar refractivity (Wildman–Crippen MR) is 68.8 cm³/mol. The fourth-order valence-corrected chi connectivity index (χ4v) is 2.21. The quantitative estimate of drug-likeness (QED) is 0.913. The number of anilines is 2. The van der Waals surface area contributed by atoms with Gasteiger partial charge in [-0.05, 0) is 30.7 Å². The van der Waals surface area contributed by atoms with Crippen molar-refractivity contribution in [3.63, 3.8) is 0 Å². The second kappa shape index (κ2) is 4.97. The van der Waals surface area contributed by atoms with Crippen molar-refractivity contribution in [2.45, 2.75) is 19.9 Å². The van der Waals surface area contributed by atoms with Gasteiger partial charge >= 0.3 is 6.01 Å². The summed E-state index contributed by atoms with van der Waals surface area (Å²) in [6.45, 7) is 4.14. The van der Waals surface area contributed by atoms with Crippen LogP contribution in [0.1, 0.15) is 18.4 Å². The van der Waals surface area contributed by atoms with Crippen LogP contribution < -0.4 is 10.2 Å². The molecule has 0 atom stereocenters. The van der Waals surface area contributed by atoms with Gasteiger partial charge in [0, 0.05) is 6.54 Å². The van der Waals surface area contributed by atoms with Crippen LogP contribution in [0.3, 0.4) is 0 Å². The van der Waals surface area contributed by atoms with Gasteiger partial charge in [0.2, 0.25) is 5.89 Å². The lowest BCUT2D eigenvalue weighted by Crippen LogP contribution is -2.14. The molecule has 3 rings (SSSR count). The van der Waals surface area contributed by atoms with Crippen molar-refractivity contribution < 1.29 is 8.81 Å². The fourth-order valence-electron chi connectivity index (χ4n) is 2.21. The number of rotatable bonds is 4. The highest BCUT2D eigenvalue weighted by Gasteiger charge is 2.25. The van der Waals surface area contributed by atoms with Crippen molar-refractivity contribution in [1.29, 1.82) is 0 Å². The van der Waals surface area contributed by atoms with Crippen LogP contribution in [-0.2, 0) is 13.0 Å². The number of halogens is 1. The summed E-state index contributed by atoms with van der Waals surface area (Å²) in [7, 11) is 0. The average Bonchev–Trinajstić information content (AvgIpc) is 3.01. The van der Waals surface area contributed by atoms with Gasteiger partial charge in [0.1, 0.15) is 5.82 Å². The Balaban J connectivity index is 1.85. The first-order valence-corrected chi connectivity index (χ1v) is 6.37. The molecule has 0 radical (unpaired) electrons. The van der Waals surface area contributed by atoms with Crippen molar-refractivity contribution in [3.05, 3.63) is 35.5 Å². The van der Waals surface area contributed by atoms with Crippen molar-refractivity contribution in [1.82, 2.24) is 15.5 Å². The summed E-state index contributed by atoms with van der Waals surface area (Å²) in [5.41, 5.74) is 1.92. The number of benzene rings is 1. The standard InChI is InChI=1S/C13H15FN4O/c1-2-15-8-12-16-17-13(19-12)18-6-5-9-3-4-10(14)7-11(9)18/h3-4,7,15H,2,5-6,8H2,1H3. The molecule has 1 aliphatic heterocycles. The van der Waals surface area contributed by atoms with Gasteiger partial charge in [0.25, 0.3) is 0 Å². The lowest BCUT2D eigenvalue weighted by atomic mass is 10.2. The number of nitrogens with one attached hydrogen (secondary N) is 1. The molecule has 2 aromatic rings. The van der Waals surface area contributed by atoms with E-state index in [1.165, 1.54) is 12.1 Å². The Morgan fingerprint density at radius 1 is 1.42 bits per heavy atom. The fraction of sp³-hybridized carbons (Fsp3) is 0.385. The smallest absolute Gasteiger partial charge is 0.322 e. The minimum atomic E-state index is -0.252. The number of hydrogen-bond acceptors (Lipinski definition) is 5. The van der Waals surface area contributed by atoms with Crippen molar-refractivity contribution >= 4 is 11.7 Å². The van der Waals surface area contributed by atoms with E-state index in [1.807, 2.05) is 11.8 Å². The van der Waals surface area contributed by atoms with E-state index in [2.05, 4.69) is 15.5 Å². The summed E-state index contributed by atoms with van der Waals surface area (Å²) in [4.78, 5) is 1.86. The molecule has 1 aliphatic rings. The molecule has 6 heteroatoms. The molecule has 100 valence electrons. The first-order valence-electron chi connectivity index (χ1n) is 6.37. The van der Waals surface area contributed by atoms with Crippen LogP contribution in [0.2, 0.25) is 0 Å². The first-order chi connectivity index (χ1) is 9.28. The van der Waals surface area contributed by atoms with Crippen LogP contribution in [0, 0.1) is 5.82 Å². The first kappa shape index (κ1) is 12.1. The van der Waals surface area contributed by atoms with Crippen LogP contribution in [0.25, 0.3) is 0 Å². The number of aromatic nitrogens is 2. The van der Waals surface area contributed by atoms with Gasteiger partial charge in [-0.3, -0.25) is 4.90 Å². The summed E-state index contributed by atoms with van der Waals surface area (Å²) in [5, 5.41) is 11.1. The Morgan fingerprint density at radius 3 is 3.16 bits per heavy atom. The summed E-state index contributed by atoms with van der Waals surface area (Å²) in [6.07, 6.45) is 0.862. The zero-order valence-electron chi connectivity index (χ0n) is 10.7. The van der Waals surface area contributed by atoms with Gasteiger partial charge < -0.3 is 9.73 Å². The number of nitrogens with zero attached hydrogens (tertiary/aromatic N) is 3. The monoisotopic (exact) mass is 262 g/mol. The highest BCUT2D eigenvalue weighted by Crippen LogP contribution is 2.34. The zero-order valence-corrected chi connectivity index (χ0v) is 10.7. The second-order valence-electron chi connectivity index (χ2n) is 4.43. The third-order valence-electron chi connectivity index (χ3n) is 3.16. The van der Waals surface area contributed by atoms with Crippen LogP contribution in [0.4, 0.5) is 16.1 Å². The highest BCUT2D eigenvalue weighted by atomic mass is 19.1. The minimum absolute atomic E-state index is 0.252. The van der Waals surface area contributed by atoms with E-state index in [0.717, 1.165) is 30.8 Å². The third-order valence-corrected chi connectivity index (χ3v) is 3.16. The molecule has 1 N–H and O–H groups in total. The largest absolute Gasteiger partial charge is 0.406 e. The van der Waals surface area contributed by atoms with Gasteiger partial charge in [0.15, 0.2) is 0 Å². The Kier molecular flexibility index (Phi) is 3.16. The summed E-state index contributed by atoms with van der Waals surface area (Å²) in [6, 6.07) is 5.22. The third kappa shape index (κ3) is 2.31. The SMILES string of the molecule is CCNCc1nnc(N2CCc3ccc(F)cc32)o1. The van der Waals surface area contributed by atoms with E-state index in [1.54, 1.807) is 6.07 Å². The molecule has 1 aromatic carbocycles. The molecule has 0 amide bonds. The van der Waals surface area contributed by atoms with Crippen LogP contribution in [-0.4, -0.2) is 23.3 Å². The molecule has 2 heterocycles. The zero-order chi connectivity index (χ0) is 13.2. The molecule has 0 saturated heterocycles. The molecule has 1 aromatic heterocycles. The Morgan fingerprint density at radius 2 is 2.32 bits per heavy atom. The molecular formula is C13H15FN4O. The molecular weight excluding hydrogens is 247 g/mol. The van der Waals surface area contributed by atoms with Gasteiger partial charge in [-0.15, -0.1) is 5.10 Å². The van der Waals surface area contributed by atoms with Gasteiger partial charge in [0.05, 0.1) is 12.2 Å². The highest BCUT2D eigenvalue weighted by molar-refractivity contribution is 5.64. The maximum absolute atomic E-state index is 13.3. The minimum Gasteiger partial charge on any atom is -0.406 e. The molecule has 0 fully saturated rings. The lowest BCUT2D eigenvalue weighted by molar-refractivity contribution is 0.474. The molecule has 0 aliphatic carbocycles. The number of hydrogen-bond donors (Lipinski definition) is 1. The van der Waals surface area contributed by atoms with E-state index in [4.69, 9.17) is 4.42 Å². The summed E-state index contributed by atoms with van der Waals surface area (Å²) >= 11 is 0. The topological polar surface area (TPSA) is 54.2 Å². The van der Waals surface area contributed by atoms with E-state index in [0.29, 0.717) is 18.5 Å². The van der Waals surface area contributed by atoms with Gasteiger partial charge in [-0.2, -0.15) is 0 Å². The lowest BCUT2D eigenvalue weighted by Gasteiger charge is -2.13. The maximum atomic E-state index is 13.3. The van der Waals surface area contributed by atoms with Crippen molar-refractivity contribution in [3.8, 4) is 0 Å². The second-order valence-corrected chi connectivity index (χ2v) is 4.43. The van der Waals surface area contributed by atoms with Crippen molar-refractivity contribution in [2.75, 3.05) is 18.0 Å². The molecule has 0 unspecified atom stereocenters. The average molecular weight is 262 g/mol. The Bertz CT molecular complexity index is 584. The normalized spacial score (nSPS) is 13.9. The van der Waals surface area contributed by atoms with Gasteiger partial charge in [-0.1, -0.05) is 18.1 Å². The predicted octanol–water partition coefficient (Wildman–Crippen LogP) is 2.01. The van der Waals surface area contributed by atoms with Crippen LogP contribution in [0.5, 0.6) is 0 Å². The van der Waals surface area contributed by atoms with Crippen molar-refractivity contribution in [2.24, 2.45) is 0 Å². The van der Waals surface area contributed by atoms with E-state index in [9.17, 15) is 4.39 Å². The summed E-state index contributed by atoms with van der Waals surface area (Å²) < 4.78 is 18.9. The van der Waals surface area contributed by atoms with E-state index in [-0.39, 0.29) is 5.82 Å². The molecule has 0 bridgehead atoms. The molecule has 0 spiro atoms.